The molecule has 0 bridgehead atoms. The summed E-state index contributed by atoms with van der Waals surface area (Å²) in [7, 11) is 0. The number of hydrogen-bond donors (Lipinski definition) is 1. The molecular weight excluding hydrogens is 400 g/mol. The van der Waals surface area contributed by atoms with Gasteiger partial charge in [-0.05, 0) is 43.5 Å². The molecule has 1 aliphatic heterocycles. The van der Waals surface area contributed by atoms with Crippen LogP contribution in [0.2, 0.25) is 0 Å². The van der Waals surface area contributed by atoms with Gasteiger partial charge in [-0.3, -0.25) is 4.79 Å². The maximum Gasteiger partial charge on any atom is 0.270 e. The van der Waals surface area contributed by atoms with Gasteiger partial charge in [-0.25, -0.2) is 4.98 Å². The summed E-state index contributed by atoms with van der Waals surface area (Å²) in [5.41, 5.74) is 3.03. The molecule has 3 heterocycles. The Morgan fingerprint density at radius 1 is 1.10 bits per heavy atom. The molecule has 2 aromatic carbocycles. The molecule has 0 spiro atoms. The number of carbonyl (C=O) groups excluding carboxylic acids is 1. The first-order valence-electron chi connectivity index (χ1n) is 9.92. The Morgan fingerprint density at radius 3 is 2.83 bits per heavy atom. The molecule has 0 radical (unpaired) electrons. The number of nitrogens with zero attached hydrogens (tertiary/aromatic N) is 3. The molecule has 8 heteroatoms. The Kier molecular flexibility index (Phi) is 3.98. The van der Waals surface area contributed by atoms with Crippen LogP contribution in [0, 0.1) is 0 Å². The van der Waals surface area contributed by atoms with E-state index in [1.165, 1.54) is 0 Å². The van der Waals surface area contributed by atoms with Crippen molar-refractivity contribution in [2.45, 2.75) is 25.4 Å². The second-order valence-electron chi connectivity index (χ2n) is 7.36. The van der Waals surface area contributed by atoms with Crippen LogP contribution in [0.3, 0.4) is 0 Å². The van der Waals surface area contributed by atoms with Crippen LogP contribution >= 0.6 is 11.3 Å². The molecule has 1 amide bonds. The van der Waals surface area contributed by atoms with Gasteiger partial charge in [0.05, 0.1) is 15.9 Å². The molecule has 2 aromatic heterocycles. The van der Waals surface area contributed by atoms with Crippen molar-refractivity contribution in [3.8, 4) is 16.6 Å². The van der Waals surface area contributed by atoms with Crippen molar-refractivity contribution in [1.82, 2.24) is 14.8 Å². The summed E-state index contributed by atoms with van der Waals surface area (Å²) in [6.45, 7) is 0.167. The number of thiazole rings is 1. The number of ether oxygens (including phenoxy) is 2. The molecule has 1 N–H and O–H groups in total. The Labute approximate surface area is 176 Å². The summed E-state index contributed by atoms with van der Waals surface area (Å²) in [4.78, 5) is 17.8. The van der Waals surface area contributed by atoms with Crippen LogP contribution in [0.4, 0.5) is 5.82 Å². The summed E-state index contributed by atoms with van der Waals surface area (Å²) in [6, 6.07) is 15.4. The zero-order valence-electron chi connectivity index (χ0n) is 16.0. The van der Waals surface area contributed by atoms with Crippen LogP contribution in [0.15, 0.2) is 48.5 Å². The van der Waals surface area contributed by atoms with E-state index < -0.39 is 6.10 Å². The number of aromatic nitrogens is 3. The van der Waals surface area contributed by atoms with E-state index in [0.717, 1.165) is 45.9 Å². The van der Waals surface area contributed by atoms with Gasteiger partial charge in [-0.15, -0.1) is 0 Å². The van der Waals surface area contributed by atoms with Crippen LogP contribution in [0.5, 0.6) is 11.5 Å². The predicted molar refractivity (Wildman–Crippen MR) is 114 cm³/mol. The highest BCUT2D eigenvalue weighted by molar-refractivity contribution is 7.20. The van der Waals surface area contributed by atoms with E-state index in [1.54, 1.807) is 22.1 Å². The molecule has 2 aliphatic rings. The predicted octanol–water partition coefficient (Wildman–Crippen LogP) is 3.75. The van der Waals surface area contributed by atoms with Crippen LogP contribution < -0.4 is 14.8 Å². The van der Waals surface area contributed by atoms with Crippen molar-refractivity contribution in [1.29, 1.82) is 0 Å². The first-order chi connectivity index (χ1) is 14.8. The van der Waals surface area contributed by atoms with Crippen LogP contribution in [-0.2, 0) is 17.6 Å². The number of carbonyl (C=O) groups is 1. The molecule has 0 saturated heterocycles. The van der Waals surface area contributed by atoms with Gasteiger partial charge in [0.1, 0.15) is 12.4 Å². The van der Waals surface area contributed by atoms with Gasteiger partial charge < -0.3 is 14.8 Å². The SMILES string of the molecule is O=C(Nc1c2c(nn1-c1nc3ccccc3s1)CCC2)C1COc2ccccc2O1. The van der Waals surface area contributed by atoms with E-state index in [1.807, 2.05) is 42.5 Å². The first-order valence-corrected chi connectivity index (χ1v) is 10.7. The third-order valence-electron chi connectivity index (χ3n) is 5.41. The van der Waals surface area contributed by atoms with Crippen LogP contribution in [-0.4, -0.2) is 33.4 Å². The Hall–Kier alpha value is -3.39. The highest BCUT2D eigenvalue weighted by atomic mass is 32.1. The van der Waals surface area contributed by atoms with Gasteiger partial charge in [0.25, 0.3) is 5.91 Å². The van der Waals surface area contributed by atoms with E-state index in [2.05, 4.69) is 5.32 Å². The first kappa shape index (κ1) is 17.5. The third kappa shape index (κ3) is 2.83. The number of benzene rings is 2. The van der Waals surface area contributed by atoms with Gasteiger partial charge in [0, 0.05) is 5.56 Å². The van der Waals surface area contributed by atoms with E-state index in [-0.39, 0.29) is 12.5 Å². The molecule has 1 unspecified atom stereocenters. The number of para-hydroxylation sites is 3. The largest absolute Gasteiger partial charge is 0.485 e. The fourth-order valence-electron chi connectivity index (χ4n) is 3.96. The highest BCUT2D eigenvalue weighted by Gasteiger charge is 2.31. The highest BCUT2D eigenvalue weighted by Crippen LogP contribution is 2.35. The van der Waals surface area contributed by atoms with Crippen molar-refractivity contribution < 1.29 is 14.3 Å². The normalized spacial score (nSPS) is 17.1. The van der Waals surface area contributed by atoms with Crippen LogP contribution in [0.1, 0.15) is 17.7 Å². The smallest absolute Gasteiger partial charge is 0.270 e. The minimum atomic E-state index is -0.726. The summed E-state index contributed by atoms with van der Waals surface area (Å²) < 4.78 is 14.4. The summed E-state index contributed by atoms with van der Waals surface area (Å²) in [5.74, 6) is 1.67. The fraction of sp³-hybridized carbons (Fsp3) is 0.227. The van der Waals surface area contributed by atoms with Crippen molar-refractivity contribution in [2.75, 3.05) is 11.9 Å². The van der Waals surface area contributed by atoms with E-state index in [9.17, 15) is 4.79 Å². The lowest BCUT2D eigenvalue weighted by atomic mass is 10.2. The lowest BCUT2D eigenvalue weighted by Gasteiger charge is -2.25. The maximum absolute atomic E-state index is 13.1. The van der Waals surface area contributed by atoms with Crippen molar-refractivity contribution in [3.63, 3.8) is 0 Å². The number of fused-ring (bicyclic) bond motifs is 3. The average Bonchev–Trinajstić information content (AvgIpc) is 3.48. The zero-order valence-corrected chi connectivity index (χ0v) is 16.8. The maximum atomic E-state index is 13.1. The van der Waals surface area contributed by atoms with Gasteiger partial charge >= 0.3 is 0 Å². The lowest BCUT2D eigenvalue weighted by molar-refractivity contribution is -0.125. The molecule has 0 saturated carbocycles. The average molecular weight is 418 g/mol. The third-order valence-corrected chi connectivity index (χ3v) is 6.43. The summed E-state index contributed by atoms with van der Waals surface area (Å²) in [5, 5.41) is 8.57. The zero-order chi connectivity index (χ0) is 20.1. The Morgan fingerprint density at radius 2 is 1.93 bits per heavy atom. The van der Waals surface area contributed by atoms with Gasteiger partial charge in [-0.2, -0.15) is 9.78 Å². The summed E-state index contributed by atoms with van der Waals surface area (Å²) in [6.07, 6.45) is 2.11. The molecular formula is C22H18N4O3S. The van der Waals surface area contributed by atoms with Crippen LogP contribution in [0.25, 0.3) is 15.3 Å². The monoisotopic (exact) mass is 418 g/mol. The van der Waals surface area contributed by atoms with Gasteiger partial charge in [0.2, 0.25) is 11.2 Å². The molecule has 7 nitrogen and oxygen atoms in total. The minimum absolute atomic E-state index is 0.167. The molecule has 1 aliphatic carbocycles. The molecule has 6 rings (SSSR count). The Balaban J connectivity index is 1.33. The number of nitrogens with one attached hydrogen (secondary N) is 1. The molecule has 30 heavy (non-hydrogen) atoms. The number of amides is 1. The van der Waals surface area contributed by atoms with Gasteiger partial charge in [-0.1, -0.05) is 35.6 Å². The second kappa shape index (κ2) is 6.84. The number of aryl methyl sites for hydroxylation is 1. The van der Waals surface area contributed by atoms with E-state index >= 15 is 0 Å². The minimum Gasteiger partial charge on any atom is -0.485 e. The molecule has 0 fully saturated rings. The van der Waals surface area contributed by atoms with Crippen molar-refractivity contribution >= 4 is 33.3 Å². The number of hydrogen-bond acceptors (Lipinski definition) is 6. The topological polar surface area (TPSA) is 78.3 Å². The molecule has 4 aromatic rings. The number of anilines is 1. The Bertz CT molecular complexity index is 1250. The van der Waals surface area contributed by atoms with E-state index in [0.29, 0.717) is 17.3 Å². The summed E-state index contributed by atoms with van der Waals surface area (Å²) >= 11 is 1.56. The van der Waals surface area contributed by atoms with Gasteiger partial charge in [0.15, 0.2) is 11.5 Å². The van der Waals surface area contributed by atoms with Crippen molar-refractivity contribution in [2.24, 2.45) is 0 Å². The standard InChI is InChI=1S/C22H18N4O3S/c27-21(18-12-28-16-9-2-3-10-17(16)29-18)24-20-13-6-5-8-14(13)25-26(20)22-23-15-7-1-4-11-19(15)30-22/h1-4,7,9-11,18H,5-6,8,12H2,(H,24,27). The second-order valence-corrected chi connectivity index (χ2v) is 8.37. The quantitative estimate of drug-likeness (QED) is 0.548. The van der Waals surface area contributed by atoms with Crippen molar-refractivity contribution in [3.05, 3.63) is 59.8 Å². The molecule has 150 valence electrons. The fourth-order valence-corrected chi connectivity index (χ4v) is 4.88. The number of rotatable bonds is 3. The van der Waals surface area contributed by atoms with E-state index in [4.69, 9.17) is 19.6 Å². The molecule has 1 atom stereocenters. The lowest BCUT2D eigenvalue weighted by Crippen LogP contribution is -2.40.